The third kappa shape index (κ3) is 1.84. The molecule has 7 heteroatoms. The lowest BCUT2D eigenvalue weighted by Gasteiger charge is -2.14. The Morgan fingerprint density at radius 1 is 0.762 bits per heavy atom. The Morgan fingerprint density at radius 3 is 1.62 bits per heavy atom. The van der Waals surface area contributed by atoms with E-state index in [1.165, 1.54) is 0 Å². The van der Waals surface area contributed by atoms with Gasteiger partial charge in [-0.3, -0.25) is 9.59 Å². The van der Waals surface area contributed by atoms with E-state index in [0.717, 1.165) is 31.4 Å². The molecule has 0 amide bonds. The number of fused-ring (bicyclic) bond motifs is 3. The molecule has 4 rings (SSSR count). The van der Waals surface area contributed by atoms with Crippen LogP contribution in [-0.4, -0.2) is 20.3 Å². The van der Waals surface area contributed by atoms with Crippen molar-refractivity contribution in [2.45, 2.75) is 0 Å². The molecular formula is C14H4Br2N2O2S. The molecule has 3 aromatic rings. The molecule has 0 N–H and O–H groups in total. The predicted octanol–water partition coefficient (Wildman–Crippen LogP) is 3.99. The lowest BCUT2D eigenvalue weighted by molar-refractivity contribution is 0.0974. The zero-order valence-electron chi connectivity index (χ0n) is 10.2. The first-order chi connectivity index (χ1) is 10.1. The lowest BCUT2D eigenvalue weighted by atomic mass is 9.88. The molecule has 4 nitrogen and oxygen atoms in total. The van der Waals surface area contributed by atoms with Gasteiger partial charge in [0.1, 0.15) is 0 Å². The molecule has 0 bridgehead atoms. The summed E-state index contributed by atoms with van der Waals surface area (Å²) in [5, 5.41) is 1.77. The Kier molecular flexibility index (Phi) is 2.85. The maximum atomic E-state index is 12.4. The predicted molar refractivity (Wildman–Crippen MR) is 86.1 cm³/mol. The van der Waals surface area contributed by atoms with Gasteiger partial charge in [-0.2, -0.15) is 8.75 Å². The number of hydrogen-bond acceptors (Lipinski definition) is 5. The van der Waals surface area contributed by atoms with Crippen LogP contribution in [0.15, 0.2) is 33.2 Å². The molecule has 0 aliphatic heterocycles. The summed E-state index contributed by atoms with van der Waals surface area (Å²) in [5.74, 6) is -0.483. The number of benzene rings is 2. The third-order valence-electron chi connectivity index (χ3n) is 3.42. The maximum Gasteiger partial charge on any atom is 0.215 e. The minimum absolute atomic E-state index is 0.160. The molecule has 0 saturated heterocycles. The van der Waals surface area contributed by atoms with Crippen LogP contribution in [-0.2, 0) is 0 Å². The number of ketones is 2. The zero-order valence-corrected chi connectivity index (χ0v) is 14.2. The first kappa shape index (κ1) is 13.2. The van der Waals surface area contributed by atoms with Crippen molar-refractivity contribution in [1.82, 2.24) is 8.75 Å². The normalized spacial score (nSPS) is 13.4. The molecule has 2 aromatic carbocycles. The molecular weight excluding hydrogens is 420 g/mol. The number of carbonyl (C=O) groups excluding carboxylic acids is 2. The average molecular weight is 424 g/mol. The van der Waals surface area contributed by atoms with Gasteiger partial charge in [-0.1, -0.05) is 0 Å². The Morgan fingerprint density at radius 2 is 1.19 bits per heavy atom. The Bertz CT molecular complexity index is 890. The highest BCUT2D eigenvalue weighted by atomic mass is 79.9. The molecule has 0 atom stereocenters. The molecule has 1 heterocycles. The van der Waals surface area contributed by atoms with Crippen LogP contribution in [0.4, 0.5) is 0 Å². The number of carbonyl (C=O) groups is 2. The van der Waals surface area contributed by atoms with Gasteiger partial charge < -0.3 is 0 Å². The van der Waals surface area contributed by atoms with Crippen molar-refractivity contribution in [1.29, 1.82) is 0 Å². The molecule has 102 valence electrons. The van der Waals surface area contributed by atoms with Crippen LogP contribution in [0.5, 0.6) is 0 Å². The highest BCUT2D eigenvalue weighted by molar-refractivity contribution is 9.13. The number of hydrogen-bond donors (Lipinski definition) is 0. The fraction of sp³-hybridized carbons (Fsp3) is 0. The van der Waals surface area contributed by atoms with Crippen molar-refractivity contribution >= 4 is 65.9 Å². The minimum Gasteiger partial charge on any atom is -0.287 e. The van der Waals surface area contributed by atoms with Gasteiger partial charge in [0.25, 0.3) is 0 Å². The topological polar surface area (TPSA) is 59.9 Å². The van der Waals surface area contributed by atoms with Crippen molar-refractivity contribution < 1.29 is 9.59 Å². The van der Waals surface area contributed by atoms with Crippen LogP contribution in [0.2, 0.25) is 0 Å². The molecule has 0 fully saturated rings. The second-order valence-corrected chi connectivity index (χ2v) is 6.87. The Labute approximate surface area is 139 Å². The summed E-state index contributed by atoms with van der Waals surface area (Å²) in [4.78, 5) is 24.9. The molecule has 1 aliphatic carbocycles. The summed E-state index contributed by atoms with van der Waals surface area (Å²) in [6.45, 7) is 0. The van der Waals surface area contributed by atoms with Crippen LogP contribution >= 0.6 is 43.6 Å². The van der Waals surface area contributed by atoms with E-state index in [1.54, 1.807) is 12.1 Å². The van der Waals surface area contributed by atoms with E-state index in [-0.39, 0.29) is 23.0 Å². The van der Waals surface area contributed by atoms with Gasteiger partial charge in [-0.15, -0.1) is 0 Å². The summed E-state index contributed by atoms with van der Waals surface area (Å²) in [6, 6.07) is 7.30. The largest absolute Gasteiger partial charge is 0.287 e. The number of halogens is 2. The van der Waals surface area contributed by atoms with Crippen LogP contribution in [0.1, 0.15) is 32.1 Å². The zero-order chi connectivity index (χ0) is 14.7. The van der Waals surface area contributed by atoms with Crippen molar-refractivity contribution in [2.24, 2.45) is 0 Å². The second kappa shape index (κ2) is 4.53. The van der Waals surface area contributed by atoms with E-state index in [9.17, 15) is 9.59 Å². The van der Waals surface area contributed by atoms with E-state index in [4.69, 9.17) is 0 Å². The lowest BCUT2D eigenvalue weighted by Crippen LogP contribution is -2.20. The van der Waals surface area contributed by atoms with Gasteiger partial charge >= 0.3 is 0 Å². The van der Waals surface area contributed by atoms with E-state index in [2.05, 4.69) is 40.6 Å². The van der Waals surface area contributed by atoms with E-state index in [0.29, 0.717) is 11.1 Å². The Balaban J connectivity index is 2.07. The van der Waals surface area contributed by atoms with Crippen molar-refractivity contribution in [3.05, 3.63) is 55.7 Å². The number of rotatable bonds is 0. The summed E-state index contributed by atoms with van der Waals surface area (Å²) in [7, 11) is 0. The fourth-order valence-corrected chi connectivity index (χ4v) is 3.68. The maximum absolute atomic E-state index is 12.4. The van der Waals surface area contributed by atoms with Crippen LogP contribution in [0.25, 0.3) is 10.8 Å². The molecule has 1 aromatic heterocycles. The molecule has 1 aliphatic rings. The summed E-state index contributed by atoms with van der Waals surface area (Å²) in [5.41, 5.74) is 1.10. The average Bonchev–Trinajstić information content (AvgIpc) is 2.94. The van der Waals surface area contributed by atoms with Gasteiger partial charge in [0, 0.05) is 20.1 Å². The molecule has 0 spiro atoms. The highest BCUT2D eigenvalue weighted by Crippen LogP contribution is 2.33. The van der Waals surface area contributed by atoms with E-state index >= 15 is 0 Å². The fourth-order valence-electron chi connectivity index (χ4n) is 2.41. The molecule has 0 saturated carbocycles. The minimum atomic E-state index is -0.241. The monoisotopic (exact) mass is 422 g/mol. The van der Waals surface area contributed by atoms with Crippen molar-refractivity contribution in [3.8, 4) is 0 Å². The SMILES string of the molecule is O=C1c2cc3cc(Br)c(Br)cc3cc2C(=O)c2nsnc21. The van der Waals surface area contributed by atoms with Gasteiger partial charge in [0.05, 0.1) is 11.7 Å². The van der Waals surface area contributed by atoms with Crippen LogP contribution in [0, 0.1) is 0 Å². The van der Waals surface area contributed by atoms with Gasteiger partial charge in [-0.25, -0.2) is 0 Å². The standard InChI is InChI=1S/C14H4Br2N2O2S/c15-9-3-5-1-7-8(2-6(5)4-10(9)16)14(20)12-11(13(7)19)17-21-18-12/h1-4H. The highest BCUT2D eigenvalue weighted by Gasteiger charge is 2.33. The Hall–Kier alpha value is -1.44. The smallest absolute Gasteiger partial charge is 0.215 e. The van der Waals surface area contributed by atoms with E-state index in [1.807, 2.05) is 12.1 Å². The summed E-state index contributed by atoms with van der Waals surface area (Å²) >= 11 is 7.77. The molecule has 0 unspecified atom stereocenters. The van der Waals surface area contributed by atoms with Gasteiger partial charge in [-0.05, 0) is 66.9 Å². The molecule has 0 radical (unpaired) electrons. The molecule has 21 heavy (non-hydrogen) atoms. The van der Waals surface area contributed by atoms with Crippen molar-refractivity contribution in [3.63, 3.8) is 0 Å². The number of aromatic nitrogens is 2. The summed E-state index contributed by atoms with van der Waals surface area (Å²) < 4.78 is 9.66. The van der Waals surface area contributed by atoms with Crippen molar-refractivity contribution in [2.75, 3.05) is 0 Å². The van der Waals surface area contributed by atoms with Gasteiger partial charge in [0.2, 0.25) is 11.6 Å². The van der Waals surface area contributed by atoms with Crippen LogP contribution < -0.4 is 0 Å². The number of nitrogens with zero attached hydrogens (tertiary/aromatic N) is 2. The quantitative estimate of drug-likeness (QED) is 0.429. The van der Waals surface area contributed by atoms with Gasteiger partial charge in [0.15, 0.2) is 11.4 Å². The first-order valence-electron chi connectivity index (χ1n) is 5.91. The second-order valence-electron chi connectivity index (χ2n) is 4.63. The third-order valence-corrected chi connectivity index (χ3v) is 5.80. The summed E-state index contributed by atoms with van der Waals surface area (Å²) in [6.07, 6.45) is 0. The van der Waals surface area contributed by atoms with Crippen LogP contribution in [0.3, 0.4) is 0 Å². The first-order valence-corrected chi connectivity index (χ1v) is 8.22. The van der Waals surface area contributed by atoms with E-state index < -0.39 is 0 Å².